The molecule has 0 saturated carbocycles. The fourth-order valence-corrected chi connectivity index (χ4v) is 1.70. The smallest absolute Gasteiger partial charge is 0.306 e. The molecule has 2 rings (SSSR count). The SMILES string of the molecule is Nc1ccc(CCC(=O)OCc2cncc(F)c2)cc1. The molecule has 1 heterocycles. The third-order valence-electron chi connectivity index (χ3n) is 2.76. The Labute approximate surface area is 116 Å². The summed E-state index contributed by atoms with van der Waals surface area (Å²) in [5.41, 5.74) is 7.82. The maximum atomic E-state index is 12.9. The Balaban J connectivity index is 1.77. The van der Waals surface area contributed by atoms with Crippen molar-refractivity contribution < 1.29 is 13.9 Å². The summed E-state index contributed by atoms with van der Waals surface area (Å²) in [4.78, 5) is 15.3. The number of anilines is 1. The topological polar surface area (TPSA) is 65.2 Å². The molecule has 0 radical (unpaired) electrons. The number of carbonyl (C=O) groups excluding carboxylic acids is 1. The van der Waals surface area contributed by atoms with Gasteiger partial charge in [-0.3, -0.25) is 9.78 Å². The molecule has 104 valence electrons. The second-order valence-electron chi connectivity index (χ2n) is 4.41. The molecule has 0 atom stereocenters. The predicted molar refractivity (Wildman–Crippen MR) is 73.2 cm³/mol. The lowest BCUT2D eigenvalue weighted by atomic mass is 10.1. The van der Waals surface area contributed by atoms with E-state index in [1.807, 2.05) is 12.1 Å². The van der Waals surface area contributed by atoms with E-state index in [0.717, 1.165) is 11.8 Å². The number of aromatic nitrogens is 1. The minimum absolute atomic E-state index is 0.0331. The van der Waals surface area contributed by atoms with Gasteiger partial charge in [-0.15, -0.1) is 0 Å². The number of hydrogen-bond donors (Lipinski definition) is 1. The van der Waals surface area contributed by atoms with Crippen molar-refractivity contribution >= 4 is 11.7 Å². The number of ether oxygens (including phenoxy) is 1. The van der Waals surface area contributed by atoms with Crippen LogP contribution in [-0.2, 0) is 22.6 Å². The van der Waals surface area contributed by atoms with Gasteiger partial charge in [0.15, 0.2) is 0 Å². The van der Waals surface area contributed by atoms with Crippen LogP contribution in [0.3, 0.4) is 0 Å². The minimum atomic E-state index is -0.444. The van der Waals surface area contributed by atoms with E-state index in [4.69, 9.17) is 10.5 Å². The van der Waals surface area contributed by atoms with Crippen molar-refractivity contribution in [3.8, 4) is 0 Å². The summed E-state index contributed by atoms with van der Waals surface area (Å²) in [5, 5.41) is 0. The number of nitrogens with zero attached hydrogens (tertiary/aromatic N) is 1. The van der Waals surface area contributed by atoms with Crippen LogP contribution < -0.4 is 5.73 Å². The minimum Gasteiger partial charge on any atom is -0.461 e. The maximum absolute atomic E-state index is 12.9. The molecule has 1 aromatic heterocycles. The Morgan fingerprint density at radius 1 is 1.20 bits per heavy atom. The van der Waals surface area contributed by atoms with E-state index in [1.54, 1.807) is 12.1 Å². The van der Waals surface area contributed by atoms with Crippen LogP contribution >= 0.6 is 0 Å². The largest absolute Gasteiger partial charge is 0.461 e. The number of nitrogens with two attached hydrogens (primary N) is 1. The van der Waals surface area contributed by atoms with Crippen LogP contribution in [0.15, 0.2) is 42.7 Å². The van der Waals surface area contributed by atoms with Crippen LogP contribution in [0.2, 0.25) is 0 Å². The van der Waals surface area contributed by atoms with Gasteiger partial charge in [0.05, 0.1) is 6.20 Å². The number of carbonyl (C=O) groups is 1. The highest BCUT2D eigenvalue weighted by Crippen LogP contribution is 2.09. The summed E-state index contributed by atoms with van der Waals surface area (Å²) in [5.74, 6) is -0.772. The molecule has 1 aromatic carbocycles. The Morgan fingerprint density at radius 2 is 1.95 bits per heavy atom. The standard InChI is InChI=1S/C15H15FN2O2/c16-13-7-12(8-18-9-13)10-20-15(19)6-3-11-1-4-14(17)5-2-11/h1-2,4-5,7-9H,3,6,10,17H2. The zero-order valence-corrected chi connectivity index (χ0v) is 10.9. The molecular formula is C15H15FN2O2. The summed E-state index contributed by atoms with van der Waals surface area (Å²) in [6.07, 6.45) is 3.43. The van der Waals surface area contributed by atoms with Gasteiger partial charge in [-0.1, -0.05) is 12.1 Å². The van der Waals surface area contributed by atoms with Crippen LogP contribution in [-0.4, -0.2) is 11.0 Å². The maximum Gasteiger partial charge on any atom is 0.306 e. The predicted octanol–water partition coefficient (Wildman–Crippen LogP) is 2.48. The summed E-state index contributed by atoms with van der Waals surface area (Å²) >= 11 is 0. The molecule has 0 fully saturated rings. The summed E-state index contributed by atoms with van der Waals surface area (Å²) in [6.45, 7) is 0.0331. The third-order valence-corrected chi connectivity index (χ3v) is 2.76. The van der Waals surface area contributed by atoms with Crippen LogP contribution in [0.1, 0.15) is 17.5 Å². The number of benzene rings is 1. The van der Waals surface area contributed by atoms with Gasteiger partial charge in [0.1, 0.15) is 12.4 Å². The quantitative estimate of drug-likeness (QED) is 0.672. The summed E-state index contributed by atoms with van der Waals surface area (Å²) in [6, 6.07) is 8.62. The van der Waals surface area contributed by atoms with Crippen molar-refractivity contribution in [1.29, 1.82) is 0 Å². The number of esters is 1. The first-order valence-electron chi connectivity index (χ1n) is 6.23. The highest BCUT2D eigenvalue weighted by Gasteiger charge is 2.05. The Morgan fingerprint density at radius 3 is 2.65 bits per heavy atom. The number of nitrogen functional groups attached to an aromatic ring is 1. The zero-order chi connectivity index (χ0) is 14.4. The van der Waals surface area contributed by atoms with Crippen LogP contribution in [0.5, 0.6) is 0 Å². The molecule has 0 saturated heterocycles. The zero-order valence-electron chi connectivity index (χ0n) is 10.9. The Kier molecular flexibility index (Phi) is 4.65. The van der Waals surface area contributed by atoms with Gasteiger partial charge in [0.25, 0.3) is 0 Å². The lowest BCUT2D eigenvalue weighted by Gasteiger charge is -2.05. The molecule has 20 heavy (non-hydrogen) atoms. The van der Waals surface area contributed by atoms with Crippen molar-refractivity contribution in [2.24, 2.45) is 0 Å². The Bertz CT molecular complexity index is 585. The lowest BCUT2D eigenvalue weighted by Crippen LogP contribution is -2.06. The molecule has 0 unspecified atom stereocenters. The molecule has 0 aliphatic carbocycles. The monoisotopic (exact) mass is 274 g/mol. The van der Waals surface area contributed by atoms with Crippen molar-refractivity contribution in [3.05, 3.63) is 59.7 Å². The van der Waals surface area contributed by atoms with Gasteiger partial charge in [0, 0.05) is 23.9 Å². The molecule has 2 aromatic rings. The second kappa shape index (κ2) is 6.65. The van der Waals surface area contributed by atoms with E-state index in [-0.39, 0.29) is 19.0 Å². The molecule has 0 amide bonds. The molecule has 0 aliphatic heterocycles. The van der Waals surface area contributed by atoms with Gasteiger partial charge < -0.3 is 10.5 Å². The lowest BCUT2D eigenvalue weighted by molar-refractivity contribution is -0.144. The van der Waals surface area contributed by atoms with E-state index >= 15 is 0 Å². The first kappa shape index (κ1) is 14.0. The van der Waals surface area contributed by atoms with Gasteiger partial charge in [0.2, 0.25) is 0 Å². The van der Waals surface area contributed by atoms with Crippen LogP contribution in [0.25, 0.3) is 0 Å². The fourth-order valence-electron chi connectivity index (χ4n) is 1.70. The van der Waals surface area contributed by atoms with E-state index in [9.17, 15) is 9.18 Å². The first-order valence-corrected chi connectivity index (χ1v) is 6.23. The molecule has 2 N–H and O–H groups in total. The highest BCUT2D eigenvalue weighted by molar-refractivity contribution is 5.69. The van der Waals surface area contributed by atoms with E-state index in [2.05, 4.69) is 4.98 Å². The highest BCUT2D eigenvalue weighted by atomic mass is 19.1. The van der Waals surface area contributed by atoms with Crippen molar-refractivity contribution in [2.75, 3.05) is 5.73 Å². The molecular weight excluding hydrogens is 259 g/mol. The molecule has 5 heteroatoms. The molecule has 4 nitrogen and oxygen atoms in total. The average Bonchev–Trinajstić information content (AvgIpc) is 2.45. The average molecular weight is 274 g/mol. The van der Waals surface area contributed by atoms with Crippen molar-refractivity contribution in [3.63, 3.8) is 0 Å². The van der Waals surface area contributed by atoms with Gasteiger partial charge >= 0.3 is 5.97 Å². The second-order valence-corrected chi connectivity index (χ2v) is 4.41. The normalized spacial score (nSPS) is 10.2. The van der Waals surface area contributed by atoms with Crippen LogP contribution in [0, 0.1) is 5.82 Å². The van der Waals surface area contributed by atoms with Crippen molar-refractivity contribution in [1.82, 2.24) is 4.98 Å². The number of hydrogen-bond acceptors (Lipinski definition) is 4. The molecule has 0 spiro atoms. The first-order chi connectivity index (χ1) is 9.63. The third kappa shape index (κ3) is 4.35. The van der Waals surface area contributed by atoms with Gasteiger partial charge in [-0.2, -0.15) is 0 Å². The number of aryl methyl sites for hydroxylation is 1. The number of pyridine rings is 1. The van der Waals surface area contributed by atoms with Gasteiger partial charge in [-0.25, -0.2) is 4.39 Å². The molecule has 0 aliphatic rings. The molecule has 0 bridgehead atoms. The fraction of sp³-hybridized carbons (Fsp3) is 0.200. The summed E-state index contributed by atoms with van der Waals surface area (Å²) in [7, 11) is 0. The van der Waals surface area contributed by atoms with E-state index in [1.165, 1.54) is 12.3 Å². The summed E-state index contributed by atoms with van der Waals surface area (Å²) < 4.78 is 17.9. The number of rotatable bonds is 5. The van der Waals surface area contributed by atoms with Crippen molar-refractivity contribution in [2.45, 2.75) is 19.4 Å². The Hall–Kier alpha value is -2.43. The van der Waals surface area contributed by atoms with E-state index in [0.29, 0.717) is 17.7 Å². The van der Waals surface area contributed by atoms with Crippen LogP contribution in [0.4, 0.5) is 10.1 Å². The number of halogens is 1. The van der Waals surface area contributed by atoms with Gasteiger partial charge in [-0.05, 0) is 30.2 Å². The van der Waals surface area contributed by atoms with E-state index < -0.39 is 5.82 Å².